The van der Waals surface area contributed by atoms with E-state index in [0.29, 0.717) is 0 Å². The molecule has 0 amide bonds. The van der Waals surface area contributed by atoms with Gasteiger partial charge in [0.25, 0.3) is 6.47 Å². The summed E-state index contributed by atoms with van der Waals surface area (Å²) in [6.45, 7) is -0.250. The van der Waals surface area contributed by atoms with Gasteiger partial charge in [-0.25, -0.2) is 0 Å². The molecule has 6 heavy (non-hydrogen) atoms. The Balaban J connectivity index is -0.00000000333. The Morgan fingerprint density at radius 3 is 1.67 bits per heavy atom. The van der Waals surface area contributed by atoms with Crippen molar-refractivity contribution >= 4 is 23.5 Å². The summed E-state index contributed by atoms with van der Waals surface area (Å²) in [5, 5.41) is 6.89. The fraction of sp³-hybridized carbons (Fsp3) is 0. The fourth-order valence-corrected chi connectivity index (χ4v) is 0. The number of halogens is 1. The smallest absolute Gasteiger partial charge is 1.00 e. The van der Waals surface area contributed by atoms with Crippen molar-refractivity contribution in [2.24, 2.45) is 0 Å². The van der Waals surface area contributed by atoms with Gasteiger partial charge >= 0.3 is 68.9 Å². The third-order valence-electron chi connectivity index (χ3n) is 0. The summed E-state index contributed by atoms with van der Waals surface area (Å²) in [7, 11) is 0. The third kappa shape index (κ3) is 30.4. The van der Waals surface area contributed by atoms with Crippen LogP contribution in [0.1, 0.15) is 1.43 Å². The van der Waals surface area contributed by atoms with Crippen molar-refractivity contribution < 1.29 is 99.7 Å². The van der Waals surface area contributed by atoms with Crippen LogP contribution in [0.4, 0.5) is 0 Å². The van der Waals surface area contributed by atoms with E-state index in [9.17, 15) is 0 Å². The second-order valence-corrected chi connectivity index (χ2v) is 0.105. The molecule has 1 N–H and O–H groups in total. The molecule has 5 heteroatoms. The zero-order valence-electron chi connectivity index (χ0n) is 4.55. The molecule has 30 valence electrons. The van der Waals surface area contributed by atoms with Crippen LogP contribution >= 0.6 is 17.0 Å². The van der Waals surface area contributed by atoms with Crippen LogP contribution in [0, 0.1) is 0 Å². The first-order valence-electron chi connectivity index (χ1n) is 0.494. The summed E-state index contributed by atoms with van der Waals surface area (Å²) < 4.78 is 0. The van der Waals surface area contributed by atoms with Gasteiger partial charge in [0.2, 0.25) is 0 Å². The van der Waals surface area contributed by atoms with E-state index < -0.39 is 0 Å². The summed E-state index contributed by atoms with van der Waals surface area (Å²) in [4.78, 5) is 8.36. The molecular formula is CH4BrCsO2Zn. The predicted molar refractivity (Wildman–Crippen MR) is 20.1 cm³/mol. The maximum Gasteiger partial charge on any atom is 1.00 e. The Morgan fingerprint density at radius 2 is 1.67 bits per heavy atom. The van der Waals surface area contributed by atoms with Crippen molar-refractivity contribution in [3.05, 3.63) is 0 Å². The van der Waals surface area contributed by atoms with Crippen LogP contribution in [0.5, 0.6) is 0 Å². The molecule has 0 heterocycles. The van der Waals surface area contributed by atoms with Crippen molar-refractivity contribution in [2.45, 2.75) is 0 Å². The number of rotatable bonds is 0. The van der Waals surface area contributed by atoms with E-state index in [-0.39, 0.29) is 113 Å². The van der Waals surface area contributed by atoms with Gasteiger partial charge in [0.15, 0.2) is 0 Å². The average Bonchev–Trinajstić information content (AvgIpc) is 0.918. The van der Waals surface area contributed by atoms with E-state index in [1.54, 1.807) is 0 Å². The number of carbonyl (C=O) groups is 1. The van der Waals surface area contributed by atoms with Crippen LogP contribution in [-0.2, 0) is 24.3 Å². The second kappa shape index (κ2) is 25.5. The normalized spacial score (nSPS) is 2.00. The van der Waals surface area contributed by atoms with Crippen molar-refractivity contribution in [3.63, 3.8) is 0 Å². The molecule has 0 radical (unpaired) electrons. The molecule has 0 aliphatic carbocycles. The Kier molecular flexibility index (Phi) is 99.5. The van der Waals surface area contributed by atoms with Gasteiger partial charge in [0, 0.05) is 19.5 Å². The molecule has 0 aliphatic rings. The minimum atomic E-state index is -0.250. The molecule has 2 nitrogen and oxygen atoms in total. The van der Waals surface area contributed by atoms with Gasteiger partial charge in [-0.15, -0.1) is 17.0 Å². The summed E-state index contributed by atoms with van der Waals surface area (Å²) in [6.07, 6.45) is 0. The van der Waals surface area contributed by atoms with E-state index in [2.05, 4.69) is 0 Å². The molecule has 0 aromatic heterocycles. The first-order valence-corrected chi connectivity index (χ1v) is 0.494. The van der Waals surface area contributed by atoms with Crippen LogP contribution in [0.15, 0.2) is 0 Å². The number of hydrogen-bond acceptors (Lipinski definition) is 1. The minimum absolute atomic E-state index is 0. The molecule has 0 rings (SSSR count). The summed E-state index contributed by atoms with van der Waals surface area (Å²) in [5.41, 5.74) is 0. The van der Waals surface area contributed by atoms with Crippen LogP contribution in [-0.4, -0.2) is 11.6 Å². The van der Waals surface area contributed by atoms with E-state index in [1.807, 2.05) is 0 Å². The Hall–Kier alpha value is 2.63. The van der Waals surface area contributed by atoms with Crippen molar-refractivity contribution in [2.75, 3.05) is 0 Å². The number of carboxylic acid groups (broad SMARTS) is 1. The molecule has 0 aromatic rings. The summed E-state index contributed by atoms with van der Waals surface area (Å²) in [6, 6.07) is 0. The van der Waals surface area contributed by atoms with E-state index in [0.717, 1.165) is 0 Å². The molecule has 0 aromatic carbocycles. The standard InChI is InChI=1S/CH2O2.BrH.Cs.Zn.H/c2-1-3;;;;/h1H,(H,2,3);1H;;;/q;;+1;;-1. The Morgan fingerprint density at radius 1 is 1.67 bits per heavy atom. The molecule has 0 saturated carbocycles. The van der Waals surface area contributed by atoms with Gasteiger partial charge in [-0.3, -0.25) is 4.79 Å². The molecule has 0 atom stereocenters. The fourth-order valence-electron chi connectivity index (χ4n) is 0. The molecule has 0 aliphatic heterocycles. The quantitative estimate of drug-likeness (QED) is 0.391. The number of hydrogen-bond donors (Lipinski definition) is 1. The SMILES string of the molecule is Br.O=CO.[Cs+].[H-].[Zn]. The monoisotopic (exact) mass is 324 g/mol. The van der Waals surface area contributed by atoms with Gasteiger partial charge in [-0.2, -0.15) is 0 Å². The summed E-state index contributed by atoms with van der Waals surface area (Å²) in [5.74, 6) is 0. The van der Waals surface area contributed by atoms with Gasteiger partial charge in [-0.05, 0) is 0 Å². The largest absolute Gasteiger partial charge is 1.00 e. The topological polar surface area (TPSA) is 37.3 Å². The van der Waals surface area contributed by atoms with Crippen molar-refractivity contribution in [1.82, 2.24) is 0 Å². The first-order chi connectivity index (χ1) is 1.41. The van der Waals surface area contributed by atoms with Gasteiger partial charge in [-0.1, -0.05) is 0 Å². The average molecular weight is 326 g/mol. The van der Waals surface area contributed by atoms with Gasteiger partial charge in [0.05, 0.1) is 0 Å². The van der Waals surface area contributed by atoms with Crippen LogP contribution in [0.25, 0.3) is 0 Å². The molecule has 0 fully saturated rings. The van der Waals surface area contributed by atoms with E-state index >= 15 is 0 Å². The van der Waals surface area contributed by atoms with Crippen LogP contribution < -0.4 is 68.9 Å². The molecule has 0 unspecified atom stereocenters. The van der Waals surface area contributed by atoms with Gasteiger partial charge < -0.3 is 6.53 Å². The molecule has 0 spiro atoms. The van der Waals surface area contributed by atoms with Gasteiger partial charge in [0.1, 0.15) is 0 Å². The maximum absolute atomic E-state index is 8.36. The maximum atomic E-state index is 8.36. The third-order valence-corrected chi connectivity index (χ3v) is 0. The molecule has 0 bridgehead atoms. The van der Waals surface area contributed by atoms with Crippen molar-refractivity contribution in [3.8, 4) is 0 Å². The minimum Gasteiger partial charge on any atom is -1.00 e. The second-order valence-electron chi connectivity index (χ2n) is 0.105. The zero-order valence-corrected chi connectivity index (χ0v) is 14.5. The van der Waals surface area contributed by atoms with Crippen LogP contribution in [0.2, 0.25) is 0 Å². The molecule has 0 saturated heterocycles. The Labute approximate surface area is 120 Å². The van der Waals surface area contributed by atoms with Crippen molar-refractivity contribution in [1.29, 1.82) is 0 Å². The summed E-state index contributed by atoms with van der Waals surface area (Å²) >= 11 is 0. The zero-order chi connectivity index (χ0) is 2.71. The van der Waals surface area contributed by atoms with E-state index in [1.165, 1.54) is 0 Å². The Bertz CT molecular complexity index is 25.2. The predicted octanol–water partition coefficient (Wildman–Crippen LogP) is -2.61. The first kappa shape index (κ1) is 23.4. The van der Waals surface area contributed by atoms with E-state index in [4.69, 9.17) is 9.90 Å². The molecular weight excluding hydrogens is 322 g/mol. The van der Waals surface area contributed by atoms with Crippen LogP contribution in [0.3, 0.4) is 0 Å².